The summed E-state index contributed by atoms with van der Waals surface area (Å²) >= 11 is 0. The fourth-order valence-corrected chi connectivity index (χ4v) is 3.48. The van der Waals surface area contributed by atoms with Crippen LogP contribution in [0.5, 0.6) is 5.75 Å². The van der Waals surface area contributed by atoms with Gasteiger partial charge in [-0.3, -0.25) is 34.2 Å². The van der Waals surface area contributed by atoms with E-state index in [1.54, 1.807) is 0 Å². The Hall–Kier alpha value is -4.04. The van der Waals surface area contributed by atoms with Crippen LogP contribution in [0.25, 0.3) is 10.4 Å². The third-order valence-corrected chi connectivity index (χ3v) is 5.09. The first-order chi connectivity index (χ1) is 17.4. The Labute approximate surface area is 204 Å². The maximum absolute atomic E-state index is 13.0. The number of benzene rings is 1. The van der Waals surface area contributed by atoms with E-state index in [1.807, 2.05) is 0 Å². The minimum absolute atomic E-state index is 0.00975. The first-order valence-electron chi connectivity index (χ1n) is 10.9. The Balaban J connectivity index is 1.41. The van der Waals surface area contributed by atoms with Gasteiger partial charge in [-0.2, -0.15) is 0 Å². The molecule has 1 atom stereocenters. The Morgan fingerprint density at radius 3 is 2.67 bits per heavy atom. The smallest absolute Gasteiger partial charge is 0.266 e. The number of hydrogen-bond acceptors (Lipinski definition) is 10. The summed E-state index contributed by atoms with van der Waals surface area (Å²) in [7, 11) is 0. The molecule has 0 aromatic heterocycles. The molecule has 5 amide bonds. The van der Waals surface area contributed by atoms with Gasteiger partial charge in [-0.25, -0.2) is 0 Å². The van der Waals surface area contributed by atoms with E-state index < -0.39 is 42.2 Å². The van der Waals surface area contributed by atoms with Gasteiger partial charge in [0.1, 0.15) is 25.4 Å². The van der Waals surface area contributed by atoms with Crippen LogP contribution in [-0.2, 0) is 28.6 Å². The van der Waals surface area contributed by atoms with E-state index in [1.165, 1.54) is 18.2 Å². The van der Waals surface area contributed by atoms with Crippen molar-refractivity contribution in [1.29, 1.82) is 0 Å². The molecule has 1 aromatic carbocycles. The van der Waals surface area contributed by atoms with Crippen molar-refractivity contribution in [3.05, 3.63) is 39.8 Å². The number of hydrogen-bond donors (Lipinski definition) is 2. The molecule has 1 unspecified atom stereocenters. The summed E-state index contributed by atoms with van der Waals surface area (Å²) in [4.78, 5) is 64.9. The predicted octanol–water partition coefficient (Wildman–Crippen LogP) is -0.142. The summed E-state index contributed by atoms with van der Waals surface area (Å²) in [5.74, 6) is -3.03. The fraction of sp³-hybridized carbons (Fsp3) is 0.476. The van der Waals surface area contributed by atoms with Crippen LogP contribution in [0.2, 0.25) is 0 Å². The van der Waals surface area contributed by atoms with Gasteiger partial charge >= 0.3 is 0 Å². The summed E-state index contributed by atoms with van der Waals surface area (Å²) in [5.41, 5.74) is 8.13. The lowest BCUT2D eigenvalue weighted by atomic mass is 10.0. The SMILES string of the molecule is [N-]=[N+]=NCCOCOCOCCNC(=O)COc1cccc2c1C(=O)N(C1CCC(=O)NC1=O)C2=O. The summed E-state index contributed by atoms with van der Waals surface area (Å²) in [6, 6.07) is 3.28. The quantitative estimate of drug-likeness (QED) is 0.0864. The van der Waals surface area contributed by atoms with Crippen LogP contribution in [0.1, 0.15) is 33.6 Å². The maximum atomic E-state index is 13.0. The highest BCUT2D eigenvalue weighted by atomic mass is 16.7. The molecule has 3 rings (SSSR count). The zero-order valence-corrected chi connectivity index (χ0v) is 19.1. The molecule has 2 aliphatic heterocycles. The maximum Gasteiger partial charge on any atom is 0.266 e. The number of carbonyl (C=O) groups is 5. The third-order valence-electron chi connectivity index (χ3n) is 5.09. The molecule has 2 aliphatic rings. The van der Waals surface area contributed by atoms with E-state index in [9.17, 15) is 24.0 Å². The molecule has 0 bridgehead atoms. The molecule has 1 aromatic rings. The zero-order valence-electron chi connectivity index (χ0n) is 19.1. The van der Waals surface area contributed by atoms with Gasteiger partial charge in [-0.1, -0.05) is 11.2 Å². The summed E-state index contributed by atoms with van der Waals surface area (Å²) in [5, 5.41) is 7.99. The molecule has 0 radical (unpaired) electrons. The van der Waals surface area contributed by atoms with E-state index in [4.69, 9.17) is 24.5 Å². The minimum atomic E-state index is -1.10. The molecule has 0 spiro atoms. The van der Waals surface area contributed by atoms with Gasteiger partial charge in [-0.15, -0.1) is 0 Å². The second kappa shape index (κ2) is 13.2. The van der Waals surface area contributed by atoms with Crippen LogP contribution in [0.3, 0.4) is 0 Å². The van der Waals surface area contributed by atoms with Crippen molar-refractivity contribution in [3.63, 3.8) is 0 Å². The monoisotopic (exact) mass is 504 g/mol. The molecule has 0 saturated carbocycles. The fourth-order valence-electron chi connectivity index (χ4n) is 3.48. The van der Waals surface area contributed by atoms with Crippen LogP contribution in [0.15, 0.2) is 23.3 Å². The van der Waals surface area contributed by atoms with E-state index >= 15 is 0 Å². The standard InChI is InChI=1S/C21H24N6O9/c22-26-24-7-9-34-12-35-11-33-8-6-23-17(29)10-36-15-3-1-2-13-18(15)21(32)27(20(13)31)14-4-5-16(28)25-19(14)30/h1-3,14H,4-12H2,(H,23,29)(H,25,28,30). The highest BCUT2D eigenvalue weighted by Gasteiger charge is 2.46. The van der Waals surface area contributed by atoms with Crippen molar-refractivity contribution in [2.24, 2.45) is 5.11 Å². The van der Waals surface area contributed by atoms with E-state index in [2.05, 4.69) is 20.7 Å². The van der Waals surface area contributed by atoms with E-state index in [0.717, 1.165) is 4.90 Å². The topological polar surface area (TPSA) is 198 Å². The number of rotatable bonds is 14. The number of azide groups is 1. The van der Waals surface area contributed by atoms with Crippen molar-refractivity contribution < 1.29 is 42.9 Å². The average Bonchev–Trinajstić information content (AvgIpc) is 3.11. The van der Waals surface area contributed by atoms with Crippen molar-refractivity contribution in [2.75, 3.05) is 46.5 Å². The lowest BCUT2D eigenvalue weighted by Crippen LogP contribution is -2.54. The first-order valence-corrected chi connectivity index (χ1v) is 10.9. The second-order valence-electron chi connectivity index (χ2n) is 7.48. The predicted molar refractivity (Wildman–Crippen MR) is 118 cm³/mol. The molecule has 15 heteroatoms. The molecular weight excluding hydrogens is 480 g/mol. The van der Waals surface area contributed by atoms with Gasteiger partial charge in [-0.05, 0) is 24.1 Å². The summed E-state index contributed by atoms with van der Waals surface area (Å²) < 4.78 is 20.7. The van der Waals surface area contributed by atoms with Gasteiger partial charge in [0.2, 0.25) is 11.8 Å². The Kier molecular flexibility index (Phi) is 9.71. The van der Waals surface area contributed by atoms with Crippen molar-refractivity contribution in [3.8, 4) is 5.75 Å². The van der Waals surface area contributed by atoms with Crippen LogP contribution in [0, 0.1) is 0 Å². The third kappa shape index (κ3) is 6.76. The Morgan fingerprint density at radius 1 is 1.14 bits per heavy atom. The number of piperidine rings is 1. The van der Waals surface area contributed by atoms with Crippen LogP contribution >= 0.6 is 0 Å². The van der Waals surface area contributed by atoms with Gasteiger partial charge in [0.05, 0.1) is 24.3 Å². The molecule has 192 valence electrons. The van der Waals surface area contributed by atoms with Gasteiger partial charge < -0.3 is 24.3 Å². The van der Waals surface area contributed by atoms with Crippen LogP contribution in [-0.4, -0.2) is 87.0 Å². The number of nitrogens with one attached hydrogen (secondary N) is 2. The normalized spacial score (nSPS) is 16.9. The Bertz CT molecular complexity index is 1070. The van der Waals surface area contributed by atoms with Crippen molar-refractivity contribution in [2.45, 2.75) is 18.9 Å². The van der Waals surface area contributed by atoms with E-state index in [0.29, 0.717) is 0 Å². The van der Waals surface area contributed by atoms with Crippen molar-refractivity contribution in [1.82, 2.24) is 15.5 Å². The highest BCUT2D eigenvalue weighted by molar-refractivity contribution is 6.24. The number of imide groups is 2. The van der Waals surface area contributed by atoms with Crippen LogP contribution in [0.4, 0.5) is 0 Å². The number of carbonyl (C=O) groups excluding carboxylic acids is 5. The van der Waals surface area contributed by atoms with Gasteiger partial charge in [0.15, 0.2) is 6.61 Å². The number of amides is 5. The van der Waals surface area contributed by atoms with E-state index in [-0.39, 0.29) is 69.6 Å². The van der Waals surface area contributed by atoms with Crippen molar-refractivity contribution >= 4 is 29.5 Å². The summed E-state index contributed by atoms with van der Waals surface area (Å²) in [6.07, 6.45) is 0.0438. The molecule has 2 N–H and O–H groups in total. The number of fused-ring (bicyclic) bond motifs is 1. The first kappa shape index (κ1) is 26.6. The number of ether oxygens (including phenoxy) is 4. The second-order valence-corrected chi connectivity index (χ2v) is 7.48. The molecule has 0 aliphatic carbocycles. The lowest BCUT2D eigenvalue weighted by molar-refractivity contribution is -0.136. The molecule has 36 heavy (non-hydrogen) atoms. The number of nitrogens with zero attached hydrogens (tertiary/aromatic N) is 4. The average molecular weight is 504 g/mol. The zero-order chi connectivity index (χ0) is 25.9. The molecule has 1 saturated heterocycles. The Morgan fingerprint density at radius 2 is 1.92 bits per heavy atom. The largest absolute Gasteiger partial charge is 0.483 e. The highest BCUT2D eigenvalue weighted by Crippen LogP contribution is 2.33. The molecular formula is C21H24N6O9. The van der Waals surface area contributed by atoms with Gasteiger partial charge in [0, 0.05) is 24.4 Å². The molecule has 2 heterocycles. The molecule has 1 fully saturated rings. The van der Waals surface area contributed by atoms with Crippen LogP contribution < -0.4 is 15.4 Å². The van der Waals surface area contributed by atoms with Gasteiger partial charge in [0.25, 0.3) is 17.7 Å². The lowest BCUT2D eigenvalue weighted by Gasteiger charge is -2.27. The molecule has 15 nitrogen and oxygen atoms in total. The minimum Gasteiger partial charge on any atom is -0.483 e. The summed E-state index contributed by atoms with van der Waals surface area (Å²) in [6.45, 7) is 0.207.